The molecule has 1 nitrogen and oxygen atoms in total. The quantitative estimate of drug-likeness (QED) is 0.717. The Morgan fingerprint density at radius 2 is 2.43 bits per heavy atom. The predicted molar refractivity (Wildman–Crippen MR) is 67.4 cm³/mol. The van der Waals surface area contributed by atoms with Crippen molar-refractivity contribution in [3.63, 3.8) is 0 Å². The maximum Gasteiger partial charge on any atom is 0.0598 e. The van der Waals surface area contributed by atoms with Crippen molar-refractivity contribution < 1.29 is 0 Å². The smallest absolute Gasteiger partial charge is 0.0598 e. The van der Waals surface area contributed by atoms with Crippen LogP contribution in [0, 0.1) is 0 Å². The summed E-state index contributed by atoms with van der Waals surface area (Å²) in [5.74, 6) is 1.22. The first-order chi connectivity index (χ1) is 6.83. The molecule has 14 heavy (non-hydrogen) atoms. The zero-order valence-electron chi connectivity index (χ0n) is 8.95. The standard InChI is InChI=1S/C11H19NS2/c1-3-7-12-10(2)6-9-14-11-5-4-8-13-11/h4-5,8,10,12H,3,6-7,9H2,1-2H3. The Balaban J connectivity index is 2.03. The van der Waals surface area contributed by atoms with E-state index in [-0.39, 0.29) is 0 Å². The highest BCUT2D eigenvalue weighted by atomic mass is 32.2. The monoisotopic (exact) mass is 229 g/mol. The normalized spacial score (nSPS) is 13.0. The molecule has 1 N–H and O–H groups in total. The van der Waals surface area contributed by atoms with E-state index in [9.17, 15) is 0 Å². The summed E-state index contributed by atoms with van der Waals surface area (Å²) in [5.41, 5.74) is 0. The van der Waals surface area contributed by atoms with Crippen molar-refractivity contribution in [2.24, 2.45) is 0 Å². The van der Waals surface area contributed by atoms with E-state index in [1.807, 2.05) is 23.1 Å². The fourth-order valence-corrected chi connectivity index (χ4v) is 3.16. The Morgan fingerprint density at radius 1 is 1.57 bits per heavy atom. The fourth-order valence-electron chi connectivity index (χ4n) is 1.17. The van der Waals surface area contributed by atoms with Gasteiger partial charge in [0.1, 0.15) is 0 Å². The third-order valence-electron chi connectivity index (χ3n) is 2.03. The zero-order valence-corrected chi connectivity index (χ0v) is 10.6. The van der Waals surface area contributed by atoms with Gasteiger partial charge in [-0.05, 0) is 37.8 Å². The molecule has 0 aliphatic heterocycles. The summed E-state index contributed by atoms with van der Waals surface area (Å²) in [6, 6.07) is 4.97. The molecule has 3 heteroatoms. The number of thioether (sulfide) groups is 1. The van der Waals surface area contributed by atoms with Crippen molar-refractivity contribution in [3.05, 3.63) is 17.5 Å². The molecular formula is C11H19NS2. The summed E-state index contributed by atoms with van der Waals surface area (Å²) in [4.78, 5) is 0. The second-order valence-corrected chi connectivity index (χ2v) is 5.77. The average Bonchev–Trinajstić information content (AvgIpc) is 2.67. The first-order valence-corrected chi connectivity index (χ1v) is 7.09. The van der Waals surface area contributed by atoms with Crippen molar-refractivity contribution in [1.29, 1.82) is 0 Å². The molecule has 0 aliphatic carbocycles. The molecule has 0 saturated heterocycles. The van der Waals surface area contributed by atoms with Gasteiger partial charge in [-0.2, -0.15) is 0 Å². The van der Waals surface area contributed by atoms with Crippen LogP contribution in [0.25, 0.3) is 0 Å². The molecule has 0 radical (unpaired) electrons. The molecule has 80 valence electrons. The van der Waals surface area contributed by atoms with E-state index in [1.165, 1.54) is 22.8 Å². The van der Waals surface area contributed by atoms with Gasteiger partial charge >= 0.3 is 0 Å². The maximum atomic E-state index is 3.50. The molecule has 0 aliphatic rings. The lowest BCUT2D eigenvalue weighted by molar-refractivity contribution is 0.536. The van der Waals surface area contributed by atoms with Gasteiger partial charge < -0.3 is 5.32 Å². The Morgan fingerprint density at radius 3 is 3.07 bits per heavy atom. The van der Waals surface area contributed by atoms with Crippen LogP contribution in [0.3, 0.4) is 0 Å². The predicted octanol–water partition coefficient (Wildman–Crippen LogP) is 3.62. The molecule has 0 spiro atoms. The number of hydrogen-bond acceptors (Lipinski definition) is 3. The highest BCUT2D eigenvalue weighted by Gasteiger charge is 2.00. The number of hydrogen-bond donors (Lipinski definition) is 1. The Labute approximate surface area is 95.3 Å². The fraction of sp³-hybridized carbons (Fsp3) is 0.636. The molecular weight excluding hydrogens is 210 g/mol. The second kappa shape index (κ2) is 7.32. The van der Waals surface area contributed by atoms with Crippen molar-refractivity contribution in [1.82, 2.24) is 5.32 Å². The average molecular weight is 229 g/mol. The van der Waals surface area contributed by atoms with Gasteiger partial charge in [0.15, 0.2) is 0 Å². The number of thiophene rings is 1. The topological polar surface area (TPSA) is 12.0 Å². The summed E-state index contributed by atoms with van der Waals surface area (Å²) >= 11 is 3.80. The lowest BCUT2D eigenvalue weighted by atomic mass is 10.2. The summed E-state index contributed by atoms with van der Waals surface area (Å²) in [6.07, 6.45) is 2.48. The van der Waals surface area contributed by atoms with Crippen LogP contribution in [-0.4, -0.2) is 18.3 Å². The molecule has 1 aromatic rings. The molecule has 0 amide bonds. The van der Waals surface area contributed by atoms with Crippen molar-refractivity contribution in [3.8, 4) is 0 Å². The third kappa shape index (κ3) is 5.03. The van der Waals surface area contributed by atoms with E-state index in [0.29, 0.717) is 6.04 Å². The van der Waals surface area contributed by atoms with Crippen LogP contribution in [-0.2, 0) is 0 Å². The number of rotatable bonds is 7. The summed E-state index contributed by atoms with van der Waals surface area (Å²) in [7, 11) is 0. The van der Waals surface area contributed by atoms with E-state index in [2.05, 4.69) is 36.7 Å². The molecule has 0 fully saturated rings. The molecule has 1 atom stereocenters. The van der Waals surface area contributed by atoms with Gasteiger partial charge in [0, 0.05) is 11.8 Å². The minimum absolute atomic E-state index is 0.655. The molecule has 0 bridgehead atoms. The molecule has 0 saturated carbocycles. The van der Waals surface area contributed by atoms with Gasteiger partial charge in [-0.25, -0.2) is 0 Å². The second-order valence-electron chi connectivity index (χ2n) is 3.42. The van der Waals surface area contributed by atoms with Crippen LogP contribution in [0.1, 0.15) is 26.7 Å². The van der Waals surface area contributed by atoms with Crippen LogP contribution in [0.4, 0.5) is 0 Å². The van der Waals surface area contributed by atoms with Gasteiger partial charge in [0.05, 0.1) is 4.21 Å². The Kier molecular flexibility index (Phi) is 6.32. The van der Waals surface area contributed by atoms with E-state index in [4.69, 9.17) is 0 Å². The lowest BCUT2D eigenvalue weighted by Gasteiger charge is -2.11. The SMILES string of the molecule is CCCNC(C)CCSc1cccs1. The van der Waals surface area contributed by atoms with E-state index < -0.39 is 0 Å². The van der Waals surface area contributed by atoms with Crippen molar-refractivity contribution in [2.45, 2.75) is 36.9 Å². The largest absolute Gasteiger partial charge is 0.314 e. The molecule has 1 heterocycles. The van der Waals surface area contributed by atoms with E-state index in [0.717, 1.165) is 6.54 Å². The summed E-state index contributed by atoms with van der Waals surface area (Å²) < 4.78 is 1.44. The van der Waals surface area contributed by atoms with Gasteiger partial charge in [-0.1, -0.05) is 13.0 Å². The van der Waals surface area contributed by atoms with Crippen LogP contribution in [0.2, 0.25) is 0 Å². The van der Waals surface area contributed by atoms with Crippen molar-refractivity contribution >= 4 is 23.1 Å². The highest BCUT2D eigenvalue weighted by molar-refractivity contribution is 8.01. The molecule has 0 aromatic carbocycles. The molecule has 1 unspecified atom stereocenters. The maximum absolute atomic E-state index is 3.50. The molecule has 1 aromatic heterocycles. The molecule has 1 rings (SSSR count). The minimum atomic E-state index is 0.655. The van der Waals surface area contributed by atoms with Crippen molar-refractivity contribution in [2.75, 3.05) is 12.3 Å². The number of nitrogens with one attached hydrogen (secondary N) is 1. The van der Waals surface area contributed by atoms with Crippen LogP contribution < -0.4 is 5.32 Å². The van der Waals surface area contributed by atoms with Gasteiger partial charge in [0.2, 0.25) is 0 Å². The Hall–Kier alpha value is 0.01000. The minimum Gasteiger partial charge on any atom is -0.314 e. The van der Waals surface area contributed by atoms with Crippen LogP contribution in [0.5, 0.6) is 0 Å². The van der Waals surface area contributed by atoms with Gasteiger partial charge in [0.25, 0.3) is 0 Å². The Bertz CT molecular complexity index is 221. The van der Waals surface area contributed by atoms with E-state index >= 15 is 0 Å². The third-order valence-corrected chi connectivity index (χ3v) is 4.20. The summed E-state index contributed by atoms with van der Waals surface area (Å²) in [5, 5.41) is 5.64. The first kappa shape index (κ1) is 12.1. The van der Waals surface area contributed by atoms with E-state index in [1.54, 1.807) is 0 Å². The lowest BCUT2D eigenvalue weighted by Crippen LogP contribution is -2.27. The van der Waals surface area contributed by atoms with Gasteiger partial charge in [-0.3, -0.25) is 0 Å². The summed E-state index contributed by atoms with van der Waals surface area (Å²) in [6.45, 7) is 5.62. The van der Waals surface area contributed by atoms with Crippen LogP contribution >= 0.6 is 23.1 Å². The van der Waals surface area contributed by atoms with Crippen LogP contribution in [0.15, 0.2) is 21.7 Å². The van der Waals surface area contributed by atoms with Gasteiger partial charge in [-0.15, -0.1) is 23.1 Å². The highest BCUT2D eigenvalue weighted by Crippen LogP contribution is 2.24. The first-order valence-electron chi connectivity index (χ1n) is 5.22. The zero-order chi connectivity index (χ0) is 10.2.